The van der Waals surface area contributed by atoms with Crippen molar-refractivity contribution in [3.8, 4) is 5.75 Å². The molecular weight excluding hydrogens is 209 g/mol. The van der Waals surface area contributed by atoms with Crippen LogP contribution in [0.4, 0.5) is 10.1 Å². The summed E-state index contributed by atoms with van der Waals surface area (Å²) >= 11 is 0. The monoisotopic (exact) mass is 225 g/mol. The van der Waals surface area contributed by atoms with Crippen molar-refractivity contribution >= 4 is 5.69 Å². The fourth-order valence-corrected chi connectivity index (χ4v) is 1.75. The molecule has 1 heterocycles. The molecule has 0 bridgehead atoms. The lowest BCUT2D eigenvalue weighted by molar-refractivity contribution is 0.195. The lowest BCUT2D eigenvalue weighted by atomic mass is 10.2. The van der Waals surface area contributed by atoms with Gasteiger partial charge in [-0.2, -0.15) is 0 Å². The van der Waals surface area contributed by atoms with Crippen molar-refractivity contribution in [2.75, 3.05) is 25.1 Å². The molecule has 1 N–H and O–H groups in total. The summed E-state index contributed by atoms with van der Waals surface area (Å²) in [5.74, 6) is -0.0264. The number of halogens is 1. The average Bonchev–Trinajstić information content (AvgIpc) is 2.75. The number of benzene rings is 1. The van der Waals surface area contributed by atoms with Crippen molar-refractivity contribution in [2.45, 2.75) is 19.4 Å². The first kappa shape index (κ1) is 11.2. The van der Waals surface area contributed by atoms with E-state index in [1.165, 1.54) is 6.07 Å². The molecule has 0 saturated carbocycles. The predicted octanol–water partition coefficient (Wildman–Crippen LogP) is 2.43. The topological polar surface area (TPSA) is 30.5 Å². The second kappa shape index (κ2) is 5.16. The van der Waals surface area contributed by atoms with Crippen LogP contribution in [0, 0.1) is 5.82 Å². The third-order valence-electron chi connectivity index (χ3n) is 2.53. The van der Waals surface area contributed by atoms with Crippen LogP contribution in [0.5, 0.6) is 5.75 Å². The Labute approximate surface area is 94.6 Å². The van der Waals surface area contributed by atoms with E-state index in [9.17, 15) is 4.39 Å². The fourth-order valence-electron chi connectivity index (χ4n) is 1.75. The summed E-state index contributed by atoms with van der Waals surface area (Å²) in [6, 6.07) is 5.23. The van der Waals surface area contributed by atoms with Gasteiger partial charge in [-0.15, -0.1) is 0 Å². The Bertz CT molecular complexity index is 351. The average molecular weight is 225 g/mol. The van der Waals surface area contributed by atoms with Crippen LogP contribution in [0.25, 0.3) is 0 Å². The lowest BCUT2D eigenvalue weighted by Gasteiger charge is -2.13. The number of rotatable bonds is 4. The third-order valence-corrected chi connectivity index (χ3v) is 2.53. The highest BCUT2D eigenvalue weighted by atomic mass is 19.1. The smallest absolute Gasteiger partial charge is 0.167 e. The Morgan fingerprint density at radius 2 is 2.44 bits per heavy atom. The summed E-state index contributed by atoms with van der Waals surface area (Å²) < 4.78 is 23.9. The van der Waals surface area contributed by atoms with Crippen LogP contribution in [0.1, 0.15) is 13.3 Å². The summed E-state index contributed by atoms with van der Waals surface area (Å²) in [6.45, 7) is 3.77. The Hall–Kier alpha value is -1.29. The normalized spacial score (nSPS) is 19.8. The van der Waals surface area contributed by atoms with Gasteiger partial charge in [0, 0.05) is 18.4 Å². The van der Waals surface area contributed by atoms with Crippen molar-refractivity contribution in [1.82, 2.24) is 0 Å². The predicted molar refractivity (Wildman–Crippen MR) is 60.4 cm³/mol. The van der Waals surface area contributed by atoms with Crippen molar-refractivity contribution in [3.63, 3.8) is 0 Å². The van der Waals surface area contributed by atoms with Crippen LogP contribution in [-0.4, -0.2) is 25.9 Å². The van der Waals surface area contributed by atoms with Crippen LogP contribution in [0.15, 0.2) is 18.2 Å². The molecule has 3 nitrogen and oxygen atoms in total. The van der Waals surface area contributed by atoms with Crippen molar-refractivity contribution < 1.29 is 13.9 Å². The van der Waals surface area contributed by atoms with Crippen LogP contribution < -0.4 is 10.1 Å². The number of nitrogens with one attached hydrogen (secondary N) is 1. The maximum atomic E-state index is 13.5. The quantitative estimate of drug-likeness (QED) is 0.853. The van der Waals surface area contributed by atoms with Crippen LogP contribution in [0.3, 0.4) is 0 Å². The summed E-state index contributed by atoms with van der Waals surface area (Å²) in [5.41, 5.74) is 0.774. The molecule has 1 atom stereocenters. The molecular formula is C12H16FNO2. The minimum absolute atomic E-state index is 0.289. The summed E-state index contributed by atoms with van der Waals surface area (Å²) in [6.07, 6.45) is 0.967. The zero-order valence-corrected chi connectivity index (χ0v) is 9.33. The minimum atomic E-state index is -0.328. The van der Waals surface area contributed by atoms with Crippen molar-refractivity contribution in [2.24, 2.45) is 0 Å². The van der Waals surface area contributed by atoms with Gasteiger partial charge in [0.25, 0.3) is 0 Å². The first-order valence-corrected chi connectivity index (χ1v) is 5.56. The molecule has 1 fully saturated rings. The molecule has 0 aliphatic carbocycles. The first-order chi connectivity index (χ1) is 7.79. The molecule has 1 unspecified atom stereocenters. The molecule has 16 heavy (non-hydrogen) atoms. The van der Waals surface area contributed by atoms with E-state index < -0.39 is 0 Å². The van der Waals surface area contributed by atoms with Gasteiger partial charge in [-0.3, -0.25) is 0 Å². The van der Waals surface area contributed by atoms with E-state index in [-0.39, 0.29) is 11.9 Å². The van der Waals surface area contributed by atoms with Gasteiger partial charge in [0.2, 0.25) is 0 Å². The fraction of sp³-hybridized carbons (Fsp3) is 0.500. The largest absolute Gasteiger partial charge is 0.491 e. The van der Waals surface area contributed by atoms with Gasteiger partial charge in [0.05, 0.1) is 19.3 Å². The first-order valence-electron chi connectivity index (χ1n) is 5.56. The molecule has 4 heteroatoms. The summed E-state index contributed by atoms with van der Waals surface area (Å²) in [5, 5.41) is 3.23. The Morgan fingerprint density at radius 3 is 3.06 bits per heavy atom. The highest BCUT2D eigenvalue weighted by Crippen LogP contribution is 2.22. The number of ether oxygens (including phenoxy) is 2. The van der Waals surface area contributed by atoms with E-state index in [1.54, 1.807) is 6.07 Å². The Balaban J connectivity index is 2.02. The van der Waals surface area contributed by atoms with Gasteiger partial charge in [-0.1, -0.05) is 0 Å². The summed E-state index contributed by atoms with van der Waals surface area (Å²) in [4.78, 5) is 0. The highest BCUT2D eigenvalue weighted by molar-refractivity contribution is 5.48. The maximum absolute atomic E-state index is 13.5. The highest BCUT2D eigenvalue weighted by Gasteiger charge is 2.15. The zero-order valence-electron chi connectivity index (χ0n) is 9.33. The van der Waals surface area contributed by atoms with Gasteiger partial charge >= 0.3 is 0 Å². The zero-order chi connectivity index (χ0) is 11.4. The van der Waals surface area contributed by atoms with Gasteiger partial charge in [-0.05, 0) is 25.5 Å². The van der Waals surface area contributed by atoms with E-state index in [0.717, 1.165) is 18.7 Å². The van der Waals surface area contributed by atoms with E-state index in [2.05, 4.69) is 5.32 Å². The van der Waals surface area contributed by atoms with E-state index >= 15 is 0 Å². The molecule has 0 aromatic heterocycles. The molecule has 0 spiro atoms. The van der Waals surface area contributed by atoms with E-state index in [1.807, 2.05) is 13.0 Å². The number of hydrogen-bond donors (Lipinski definition) is 1. The van der Waals surface area contributed by atoms with Crippen molar-refractivity contribution in [3.05, 3.63) is 24.0 Å². The van der Waals surface area contributed by atoms with E-state index in [0.29, 0.717) is 19.0 Å². The molecule has 88 valence electrons. The molecule has 0 amide bonds. The number of hydrogen-bond acceptors (Lipinski definition) is 3. The SMILES string of the molecule is CCOc1ccc(NC2CCOC2)cc1F. The van der Waals surface area contributed by atoms with Crippen molar-refractivity contribution in [1.29, 1.82) is 0 Å². The molecule has 1 saturated heterocycles. The minimum Gasteiger partial charge on any atom is -0.491 e. The molecule has 1 aliphatic rings. The van der Waals surface area contributed by atoms with Gasteiger partial charge in [0.1, 0.15) is 0 Å². The molecule has 0 radical (unpaired) electrons. The Kier molecular flexibility index (Phi) is 3.62. The second-order valence-corrected chi connectivity index (χ2v) is 3.78. The molecule has 1 aromatic rings. The molecule has 1 aromatic carbocycles. The van der Waals surface area contributed by atoms with Crippen LogP contribution >= 0.6 is 0 Å². The van der Waals surface area contributed by atoms with Crippen LogP contribution in [-0.2, 0) is 4.74 Å². The van der Waals surface area contributed by atoms with Gasteiger partial charge in [-0.25, -0.2) is 4.39 Å². The van der Waals surface area contributed by atoms with Crippen LogP contribution in [0.2, 0.25) is 0 Å². The standard InChI is InChI=1S/C12H16FNO2/c1-2-16-12-4-3-9(7-11(12)13)14-10-5-6-15-8-10/h3-4,7,10,14H,2,5-6,8H2,1H3. The van der Waals surface area contributed by atoms with E-state index in [4.69, 9.17) is 9.47 Å². The van der Waals surface area contributed by atoms with Gasteiger partial charge < -0.3 is 14.8 Å². The molecule has 1 aliphatic heterocycles. The lowest BCUT2D eigenvalue weighted by Crippen LogP contribution is -2.18. The number of anilines is 1. The molecule has 2 rings (SSSR count). The maximum Gasteiger partial charge on any atom is 0.167 e. The summed E-state index contributed by atoms with van der Waals surface area (Å²) in [7, 11) is 0. The Morgan fingerprint density at radius 1 is 1.56 bits per heavy atom. The van der Waals surface area contributed by atoms with Gasteiger partial charge in [0.15, 0.2) is 11.6 Å². The second-order valence-electron chi connectivity index (χ2n) is 3.78. The third kappa shape index (κ3) is 2.64.